The average molecular weight is 354 g/mol. The van der Waals surface area contributed by atoms with Crippen LogP contribution >= 0.6 is 0 Å². The van der Waals surface area contributed by atoms with E-state index in [0.717, 1.165) is 11.0 Å². The van der Waals surface area contributed by atoms with Gasteiger partial charge < -0.3 is 10.3 Å². The maximum absolute atomic E-state index is 13.0. The molecule has 2 aromatic carbocycles. The molecule has 0 aliphatic rings. The summed E-state index contributed by atoms with van der Waals surface area (Å²) in [5, 5.41) is 5.39. The number of anilines is 1. The molecule has 0 spiro atoms. The monoisotopic (exact) mass is 354 g/mol. The molecule has 0 aliphatic carbocycles. The van der Waals surface area contributed by atoms with E-state index in [1.165, 1.54) is 24.3 Å². The summed E-state index contributed by atoms with van der Waals surface area (Å²) in [7, 11) is 0. The molecule has 6 nitrogen and oxygen atoms in total. The molecule has 1 heterocycles. The van der Waals surface area contributed by atoms with Gasteiger partial charge >= 0.3 is 0 Å². The van der Waals surface area contributed by atoms with E-state index in [2.05, 4.69) is 20.6 Å². The van der Waals surface area contributed by atoms with Crippen LogP contribution in [0.15, 0.2) is 48.5 Å². The predicted octanol–water partition coefficient (Wildman–Crippen LogP) is 3.24. The molecule has 0 fully saturated rings. The number of halogens is 1. The number of carbonyl (C=O) groups is 2. The summed E-state index contributed by atoms with van der Waals surface area (Å²) in [4.78, 5) is 32.2. The Labute approximate surface area is 149 Å². The van der Waals surface area contributed by atoms with Crippen molar-refractivity contribution in [1.82, 2.24) is 15.3 Å². The van der Waals surface area contributed by atoms with Crippen molar-refractivity contribution in [1.29, 1.82) is 0 Å². The number of para-hydroxylation sites is 2. The number of nitrogens with zero attached hydrogens (tertiary/aromatic N) is 1. The second-order valence-corrected chi connectivity index (χ2v) is 5.91. The average Bonchev–Trinajstić information content (AvgIpc) is 3.04. The first-order chi connectivity index (χ1) is 12.6. The van der Waals surface area contributed by atoms with E-state index in [9.17, 15) is 14.0 Å². The van der Waals surface area contributed by atoms with Gasteiger partial charge in [0.1, 0.15) is 11.9 Å². The van der Waals surface area contributed by atoms with E-state index < -0.39 is 17.8 Å². The van der Waals surface area contributed by atoms with Crippen molar-refractivity contribution in [3.63, 3.8) is 0 Å². The summed E-state index contributed by atoms with van der Waals surface area (Å²) in [6.07, 6.45) is 1.18. The normalized spacial score (nSPS) is 11.9. The fourth-order valence-electron chi connectivity index (χ4n) is 2.62. The van der Waals surface area contributed by atoms with Crippen LogP contribution in [0.2, 0.25) is 0 Å². The quantitative estimate of drug-likeness (QED) is 0.635. The minimum Gasteiger partial charge on any atom is -0.340 e. The standard InChI is InChI=1S/C19H19FN4O2/c1-2-5-16(21-17(25)12-8-10-13(20)11-9-12)18(26)24-19-22-14-6-3-4-7-15(14)23-19/h3-4,6-11,16H,2,5H2,1H3,(H,21,25)(H2,22,23,24,26). The lowest BCUT2D eigenvalue weighted by molar-refractivity contribution is -0.118. The van der Waals surface area contributed by atoms with E-state index in [0.29, 0.717) is 24.4 Å². The van der Waals surface area contributed by atoms with Gasteiger partial charge in [-0.15, -0.1) is 0 Å². The maximum atomic E-state index is 13.0. The molecule has 0 bridgehead atoms. The fourth-order valence-corrected chi connectivity index (χ4v) is 2.62. The highest BCUT2D eigenvalue weighted by Gasteiger charge is 2.21. The molecule has 0 aliphatic heterocycles. The van der Waals surface area contributed by atoms with Gasteiger partial charge in [0, 0.05) is 5.56 Å². The van der Waals surface area contributed by atoms with Crippen molar-refractivity contribution in [2.75, 3.05) is 5.32 Å². The summed E-state index contributed by atoms with van der Waals surface area (Å²) in [6, 6.07) is 11.9. The van der Waals surface area contributed by atoms with Gasteiger partial charge in [-0.1, -0.05) is 25.5 Å². The van der Waals surface area contributed by atoms with E-state index in [4.69, 9.17) is 0 Å². The second kappa shape index (κ2) is 7.77. The van der Waals surface area contributed by atoms with Gasteiger partial charge in [0.15, 0.2) is 0 Å². The lowest BCUT2D eigenvalue weighted by atomic mass is 10.1. The van der Waals surface area contributed by atoms with Crippen LogP contribution in [0.1, 0.15) is 30.1 Å². The van der Waals surface area contributed by atoms with Crippen molar-refractivity contribution in [2.24, 2.45) is 0 Å². The molecule has 7 heteroatoms. The fraction of sp³-hybridized carbons (Fsp3) is 0.211. The summed E-state index contributed by atoms with van der Waals surface area (Å²) >= 11 is 0. The first-order valence-corrected chi connectivity index (χ1v) is 8.39. The van der Waals surface area contributed by atoms with Crippen molar-refractivity contribution >= 4 is 28.8 Å². The number of aromatic amines is 1. The van der Waals surface area contributed by atoms with Crippen LogP contribution in [-0.2, 0) is 4.79 Å². The molecule has 3 N–H and O–H groups in total. The van der Waals surface area contributed by atoms with Gasteiger partial charge in [0.05, 0.1) is 11.0 Å². The molecule has 26 heavy (non-hydrogen) atoms. The molecule has 3 aromatic rings. The third kappa shape index (κ3) is 4.05. The molecule has 0 saturated heterocycles. The lowest BCUT2D eigenvalue weighted by Gasteiger charge is -2.17. The Morgan fingerprint density at radius 1 is 1.15 bits per heavy atom. The molecule has 0 radical (unpaired) electrons. The van der Waals surface area contributed by atoms with E-state index >= 15 is 0 Å². The Hall–Kier alpha value is -3.22. The number of aromatic nitrogens is 2. The highest BCUT2D eigenvalue weighted by atomic mass is 19.1. The smallest absolute Gasteiger partial charge is 0.251 e. The molecular formula is C19H19FN4O2. The number of nitrogens with one attached hydrogen (secondary N) is 3. The predicted molar refractivity (Wildman–Crippen MR) is 97.3 cm³/mol. The Kier molecular flexibility index (Phi) is 5.26. The number of hydrogen-bond acceptors (Lipinski definition) is 3. The zero-order chi connectivity index (χ0) is 18.5. The Morgan fingerprint density at radius 2 is 1.88 bits per heavy atom. The zero-order valence-corrected chi connectivity index (χ0v) is 14.3. The number of H-pyrrole nitrogens is 1. The number of imidazole rings is 1. The molecule has 2 amide bonds. The molecule has 134 valence electrons. The van der Waals surface area contributed by atoms with Crippen molar-refractivity contribution in [2.45, 2.75) is 25.8 Å². The molecule has 1 unspecified atom stereocenters. The SMILES string of the molecule is CCCC(NC(=O)c1ccc(F)cc1)C(=O)Nc1nc2ccccc2[nH]1. The molecule has 3 rings (SSSR count). The zero-order valence-electron chi connectivity index (χ0n) is 14.3. The maximum Gasteiger partial charge on any atom is 0.251 e. The van der Waals surface area contributed by atoms with Crippen LogP contribution < -0.4 is 10.6 Å². The number of benzene rings is 2. The van der Waals surface area contributed by atoms with Crippen LogP contribution in [-0.4, -0.2) is 27.8 Å². The summed E-state index contributed by atoms with van der Waals surface area (Å²) < 4.78 is 13.0. The van der Waals surface area contributed by atoms with E-state index in [1.54, 1.807) is 0 Å². The van der Waals surface area contributed by atoms with Crippen LogP contribution in [0.5, 0.6) is 0 Å². The van der Waals surface area contributed by atoms with Crippen molar-refractivity contribution in [3.05, 3.63) is 59.9 Å². The van der Waals surface area contributed by atoms with Gasteiger partial charge in [-0.25, -0.2) is 9.37 Å². The summed E-state index contributed by atoms with van der Waals surface area (Å²) in [5.41, 5.74) is 1.85. The van der Waals surface area contributed by atoms with Gasteiger partial charge in [-0.05, 0) is 42.8 Å². The highest BCUT2D eigenvalue weighted by Crippen LogP contribution is 2.14. The van der Waals surface area contributed by atoms with Gasteiger partial charge in [-0.3, -0.25) is 14.9 Å². The van der Waals surface area contributed by atoms with Gasteiger partial charge in [0.25, 0.3) is 5.91 Å². The molecule has 1 atom stereocenters. The first-order valence-electron chi connectivity index (χ1n) is 8.39. The third-order valence-electron chi connectivity index (χ3n) is 3.94. The first kappa shape index (κ1) is 17.6. The van der Waals surface area contributed by atoms with Gasteiger partial charge in [-0.2, -0.15) is 0 Å². The molecule has 1 aromatic heterocycles. The van der Waals surface area contributed by atoms with Crippen molar-refractivity contribution in [3.8, 4) is 0 Å². The van der Waals surface area contributed by atoms with Crippen LogP contribution in [0.3, 0.4) is 0 Å². The Bertz CT molecular complexity index is 888. The third-order valence-corrected chi connectivity index (χ3v) is 3.94. The van der Waals surface area contributed by atoms with Crippen LogP contribution in [0.4, 0.5) is 10.3 Å². The van der Waals surface area contributed by atoms with Crippen LogP contribution in [0, 0.1) is 5.82 Å². The van der Waals surface area contributed by atoms with E-state index in [1.807, 2.05) is 31.2 Å². The highest BCUT2D eigenvalue weighted by molar-refractivity contribution is 6.01. The Balaban J connectivity index is 1.70. The van der Waals surface area contributed by atoms with Gasteiger partial charge in [0.2, 0.25) is 11.9 Å². The van der Waals surface area contributed by atoms with Crippen LogP contribution in [0.25, 0.3) is 11.0 Å². The van der Waals surface area contributed by atoms with Crippen molar-refractivity contribution < 1.29 is 14.0 Å². The Morgan fingerprint density at radius 3 is 2.58 bits per heavy atom. The number of amides is 2. The minimum atomic E-state index is -0.717. The largest absolute Gasteiger partial charge is 0.340 e. The van der Waals surface area contributed by atoms with E-state index in [-0.39, 0.29) is 5.91 Å². The minimum absolute atomic E-state index is 0.295. The number of hydrogen-bond donors (Lipinski definition) is 3. The number of rotatable bonds is 6. The molecular weight excluding hydrogens is 335 g/mol. The summed E-state index contributed by atoms with van der Waals surface area (Å²) in [5.74, 6) is -0.882. The number of carbonyl (C=O) groups excluding carboxylic acids is 2. The molecule has 0 saturated carbocycles. The topological polar surface area (TPSA) is 86.9 Å². The number of fused-ring (bicyclic) bond motifs is 1. The second-order valence-electron chi connectivity index (χ2n) is 5.91. The lowest BCUT2D eigenvalue weighted by Crippen LogP contribution is -2.43. The summed E-state index contributed by atoms with van der Waals surface area (Å²) in [6.45, 7) is 1.92.